The van der Waals surface area contributed by atoms with Crippen molar-refractivity contribution >= 4 is 11.6 Å². The van der Waals surface area contributed by atoms with E-state index in [0.717, 1.165) is 12.6 Å². The van der Waals surface area contributed by atoms with Crippen LogP contribution in [0.15, 0.2) is 24.3 Å². The Balaban J connectivity index is 2.12. The molecule has 1 aromatic carbocycles. The van der Waals surface area contributed by atoms with E-state index in [1.807, 2.05) is 0 Å². The number of halogens is 3. The minimum Gasteiger partial charge on any atom is -0.324 e. The van der Waals surface area contributed by atoms with Crippen LogP contribution in [0.1, 0.15) is 5.56 Å². The van der Waals surface area contributed by atoms with E-state index in [1.165, 1.54) is 18.2 Å². The van der Waals surface area contributed by atoms with Crippen LogP contribution in [0.3, 0.4) is 0 Å². The molecule has 1 aromatic rings. The molecule has 104 valence electrons. The maximum atomic E-state index is 12.8. The molecule has 1 heterocycles. The molecule has 19 heavy (non-hydrogen) atoms. The SMILES string of the molecule is O=C(Nc1ccccc1C(F)(F)F)C1CNCCN1. The van der Waals surface area contributed by atoms with Crippen molar-refractivity contribution in [3.05, 3.63) is 29.8 Å². The summed E-state index contributed by atoms with van der Waals surface area (Å²) in [5.41, 5.74) is -1.06. The van der Waals surface area contributed by atoms with Gasteiger partial charge in [-0.3, -0.25) is 4.79 Å². The van der Waals surface area contributed by atoms with Gasteiger partial charge in [-0.1, -0.05) is 12.1 Å². The Morgan fingerprint density at radius 1 is 1.26 bits per heavy atom. The lowest BCUT2D eigenvalue weighted by Gasteiger charge is -2.24. The minimum absolute atomic E-state index is 0.215. The predicted molar refractivity (Wildman–Crippen MR) is 64.7 cm³/mol. The first-order valence-corrected chi connectivity index (χ1v) is 5.89. The zero-order valence-corrected chi connectivity index (χ0v) is 10.1. The normalized spacial score (nSPS) is 20.1. The van der Waals surface area contributed by atoms with Crippen molar-refractivity contribution in [1.29, 1.82) is 0 Å². The molecule has 1 saturated heterocycles. The molecule has 7 heteroatoms. The number of amides is 1. The lowest BCUT2D eigenvalue weighted by molar-refractivity contribution is -0.137. The number of carbonyl (C=O) groups excluding carboxylic acids is 1. The maximum absolute atomic E-state index is 12.8. The lowest BCUT2D eigenvalue weighted by atomic mass is 10.1. The van der Waals surface area contributed by atoms with Crippen molar-refractivity contribution < 1.29 is 18.0 Å². The average Bonchev–Trinajstić information content (AvgIpc) is 2.39. The van der Waals surface area contributed by atoms with Gasteiger partial charge in [-0.15, -0.1) is 0 Å². The number of rotatable bonds is 2. The Morgan fingerprint density at radius 3 is 2.63 bits per heavy atom. The maximum Gasteiger partial charge on any atom is 0.418 e. The van der Waals surface area contributed by atoms with Gasteiger partial charge in [0.1, 0.15) is 0 Å². The molecule has 2 rings (SSSR count). The fourth-order valence-corrected chi connectivity index (χ4v) is 1.90. The second-order valence-electron chi connectivity index (χ2n) is 4.24. The number of benzene rings is 1. The summed E-state index contributed by atoms with van der Waals surface area (Å²) in [6.07, 6.45) is -4.48. The fourth-order valence-electron chi connectivity index (χ4n) is 1.90. The fraction of sp³-hybridized carbons (Fsp3) is 0.417. The monoisotopic (exact) mass is 273 g/mol. The molecule has 1 aliphatic rings. The summed E-state index contributed by atoms with van der Waals surface area (Å²) in [6, 6.07) is 4.42. The van der Waals surface area contributed by atoms with Crippen LogP contribution in [0.5, 0.6) is 0 Å². The first-order chi connectivity index (χ1) is 8.98. The van der Waals surface area contributed by atoms with E-state index in [2.05, 4.69) is 16.0 Å². The van der Waals surface area contributed by atoms with E-state index in [1.54, 1.807) is 0 Å². The van der Waals surface area contributed by atoms with Crippen molar-refractivity contribution in [2.75, 3.05) is 25.0 Å². The zero-order chi connectivity index (χ0) is 13.9. The van der Waals surface area contributed by atoms with Gasteiger partial charge >= 0.3 is 6.18 Å². The molecule has 0 spiro atoms. The third kappa shape index (κ3) is 3.45. The largest absolute Gasteiger partial charge is 0.418 e. The van der Waals surface area contributed by atoms with E-state index in [0.29, 0.717) is 13.1 Å². The van der Waals surface area contributed by atoms with Gasteiger partial charge in [-0.25, -0.2) is 0 Å². The van der Waals surface area contributed by atoms with E-state index < -0.39 is 23.7 Å². The number of hydrogen-bond acceptors (Lipinski definition) is 3. The summed E-state index contributed by atoms with van der Waals surface area (Å²) in [5.74, 6) is -0.469. The van der Waals surface area contributed by atoms with Crippen molar-refractivity contribution in [3.8, 4) is 0 Å². The summed E-state index contributed by atoms with van der Waals surface area (Å²) < 4.78 is 38.3. The van der Waals surface area contributed by atoms with Crippen LogP contribution >= 0.6 is 0 Å². The topological polar surface area (TPSA) is 53.2 Å². The summed E-state index contributed by atoms with van der Waals surface area (Å²) in [5, 5.41) is 8.27. The molecule has 0 radical (unpaired) electrons. The number of anilines is 1. The number of para-hydroxylation sites is 1. The minimum atomic E-state index is -4.48. The van der Waals surface area contributed by atoms with E-state index >= 15 is 0 Å². The molecule has 1 unspecified atom stereocenters. The molecule has 1 atom stereocenters. The molecule has 1 aliphatic heterocycles. The van der Waals surface area contributed by atoms with Crippen molar-refractivity contribution in [2.24, 2.45) is 0 Å². The number of carbonyl (C=O) groups is 1. The molecule has 4 nitrogen and oxygen atoms in total. The first kappa shape index (κ1) is 13.8. The van der Waals surface area contributed by atoms with Gasteiger partial charge in [0.15, 0.2) is 0 Å². The third-order valence-corrected chi connectivity index (χ3v) is 2.85. The number of alkyl halides is 3. The van der Waals surface area contributed by atoms with Crippen LogP contribution in [0, 0.1) is 0 Å². The molecular weight excluding hydrogens is 259 g/mol. The average molecular weight is 273 g/mol. The summed E-state index contributed by atoms with van der Waals surface area (Å²) in [4.78, 5) is 11.9. The molecular formula is C12H14F3N3O. The van der Waals surface area contributed by atoms with Crippen molar-refractivity contribution in [3.63, 3.8) is 0 Å². The highest BCUT2D eigenvalue weighted by atomic mass is 19.4. The van der Waals surface area contributed by atoms with Gasteiger partial charge in [0.2, 0.25) is 5.91 Å². The van der Waals surface area contributed by atoms with Crippen LogP contribution in [-0.2, 0) is 11.0 Å². The standard InChI is InChI=1S/C12H14F3N3O/c13-12(14,15)8-3-1-2-4-9(8)18-11(19)10-7-16-5-6-17-10/h1-4,10,16-17H,5-7H2,(H,18,19). The highest BCUT2D eigenvalue weighted by Crippen LogP contribution is 2.34. The molecule has 1 fully saturated rings. The van der Waals surface area contributed by atoms with Gasteiger partial charge < -0.3 is 16.0 Å². The smallest absolute Gasteiger partial charge is 0.324 e. The Hall–Kier alpha value is -1.60. The Kier molecular flexibility index (Phi) is 4.06. The third-order valence-electron chi connectivity index (χ3n) is 2.85. The van der Waals surface area contributed by atoms with Gasteiger partial charge in [0.25, 0.3) is 0 Å². The van der Waals surface area contributed by atoms with Gasteiger partial charge in [0, 0.05) is 19.6 Å². The van der Waals surface area contributed by atoms with Gasteiger partial charge in [0.05, 0.1) is 17.3 Å². The zero-order valence-electron chi connectivity index (χ0n) is 10.1. The lowest BCUT2D eigenvalue weighted by Crippen LogP contribution is -2.54. The van der Waals surface area contributed by atoms with Crippen LogP contribution in [0.2, 0.25) is 0 Å². The summed E-state index contributed by atoms with van der Waals surface area (Å²) in [6.45, 7) is 1.75. The van der Waals surface area contributed by atoms with Crippen LogP contribution in [0.25, 0.3) is 0 Å². The summed E-state index contributed by atoms with van der Waals surface area (Å²) >= 11 is 0. The highest BCUT2D eigenvalue weighted by molar-refractivity contribution is 5.95. The molecule has 0 aliphatic carbocycles. The second kappa shape index (κ2) is 5.58. The van der Waals surface area contributed by atoms with Crippen molar-refractivity contribution in [2.45, 2.75) is 12.2 Å². The summed E-state index contributed by atoms with van der Waals surface area (Å²) in [7, 11) is 0. The van der Waals surface area contributed by atoms with Crippen LogP contribution in [-0.4, -0.2) is 31.6 Å². The highest BCUT2D eigenvalue weighted by Gasteiger charge is 2.34. The Bertz CT molecular complexity index is 456. The van der Waals surface area contributed by atoms with E-state index in [9.17, 15) is 18.0 Å². The number of nitrogens with one attached hydrogen (secondary N) is 3. The number of hydrogen-bond donors (Lipinski definition) is 3. The Labute approximate surface area is 108 Å². The molecule has 0 aromatic heterocycles. The molecule has 1 amide bonds. The van der Waals surface area contributed by atoms with Gasteiger partial charge in [-0.2, -0.15) is 13.2 Å². The van der Waals surface area contributed by atoms with E-state index in [-0.39, 0.29) is 5.69 Å². The predicted octanol–water partition coefficient (Wildman–Crippen LogP) is 1.21. The quantitative estimate of drug-likeness (QED) is 0.759. The van der Waals surface area contributed by atoms with Crippen LogP contribution < -0.4 is 16.0 Å². The van der Waals surface area contributed by atoms with Crippen LogP contribution in [0.4, 0.5) is 18.9 Å². The first-order valence-electron chi connectivity index (χ1n) is 5.89. The molecule has 0 saturated carbocycles. The molecule has 0 bridgehead atoms. The Morgan fingerprint density at radius 2 is 2.00 bits per heavy atom. The second-order valence-corrected chi connectivity index (χ2v) is 4.24. The van der Waals surface area contributed by atoms with Gasteiger partial charge in [-0.05, 0) is 12.1 Å². The van der Waals surface area contributed by atoms with Crippen molar-refractivity contribution in [1.82, 2.24) is 10.6 Å². The number of piperazine rings is 1. The van der Waals surface area contributed by atoms with E-state index in [4.69, 9.17) is 0 Å². The molecule has 3 N–H and O–H groups in total.